The van der Waals surface area contributed by atoms with Crippen LogP contribution in [0.15, 0.2) is 0 Å². The van der Waals surface area contributed by atoms with Gasteiger partial charge in [0.15, 0.2) is 0 Å². The van der Waals surface area contributed by atoms with Gasteiger partial charge in [-0.3, -0.25) is 4.79 Å². The Labute approximate surface area is 100 Å². The van der Waals surface area contributed by atoms with Crippen molar-refractivity contribution in [2.75, 3.05) is 13.1 Å². The molecule has 1 rings (SSSR count). The van der Waals surface area contributed by atoms with Crippen molar-refractivity contribution < 1.29 is 4.79 Å². The van der Waals surface area contributed by atoms with E-state index in [1.54, 1.807) is 0 Å². The van der Waals surface area contributed by atoms with Crippen molar-refractivity contribution in [3.05, 3.63) is 0 Å². The first-order chi connectivity index (χ1) is 7.65. The van der Waals surface area contributed by atoms with Crippen molar-refractivity contribution in [3.63, 3.8) is 0 Å². The molecule has 1 atom stereocenters. The van der Waals surface area contributed by atoms with Gasteiger partial charge in [-0.2, -0.15) is 0 Å². The van der Waals surface area contributed by atoms with Gasteiger partial charge in [-0.25, -0.2) is 0 Å². The van der Waals surface area contributed by atoms with Gasteiger partial charge in [-0.15, -0.1) is 0 Å². The number of carbonyl (C=O) groups excluding carboxylic acids is 1. The molecule has 0 bridgehead atoms. The number of ketones is 1. The number of hydrogen-bond acceptors (Lipinski definition) is 2. The van der Waals surface area contributed by atoms with Crippen LogP contribution in [0.4, 0.5) is 0 Å². The molecule has 0 heterocycles. The number of nitrogens with zero attached hydrogens (tertiary/aromatic N) is 1. The zero-order valence-corrected chi connectivity index (χ0v) is 11.2. The fourth-order valence-corrected chi connectivity index (χ4v) is 2.49. The Bertz CT molecular complexity index is 213. The van der Waals surface area contributed by atoms with Gasteiger partial charge < -0.3 is 4.90 Å². The Kier molecular flexibility index (Phi) is 6.04. The predicted molar refractivity (Wildman–Crippen MR) is 68.6 cm³/mol. The highest BCUT2D eigenvalue weighted by molar-refractivity contribution is 5.83. The summed E-state index contributed by atoms with van der Waals surface area (Å²) in [4.78, 5) is 14.1. The smallest absolute Gasteiger partial charge is 0.137 e. The summed E-state index contributed by atoms with van der Waals surface area (Å²) in [5.41, 5.74) is 0. The van der Waals surface area contributed by atoms with Gasteiger partial charge in [0.1, 0.15) is 5.78 Å². The van der Waals surface area contributed by atoms with Crippen molar-refractivity contribution in [2.45, 2.75) is 65.3 Å². The second-order valence-electron chi connectivity index (χ2n) is 5.35. The lowest BCUT2D eigenvalue weighted by Gasteiger charge is -2.28. The highest BCUT2D eigenvalue weighted by atomic mass is 16.1. The van der Waals surface area contributed by atoms with E-state index in [-0.39, 0.29) is 0 Å². The second-order valence-corrected chi connectivity index (χ2v) is 5.35. The van der Waals surface area contributed by atoms with E-state index in [4.69, 9.17) is 0 Å². The normalized spacial score (nSPS) is 21.3. The summed E-state index contributed by atoms with van der Waals surface area (Å²) in [6.45, 7) is 8.88. The van der Waals surface area contributed by atoms with Gasteiger partial charge in [0.05, 0.1) is 0 Å². The molecule has 2 nitrogen and oxygen atoms in total. The maximum absolute atomic E-state index is 11.6. The van der Waals surface area contributed by atoms with E-state index in [1.165, 1.54) is 19.3 Å². The van der Waals surface area contributed by atoms with Crippen LogP contribution in [0.5, 0.6) is 0 Å². The fourth-order valence-electron chi connectivity index (χ4n) is 2.49. The first-order valence-corrected chi connectivity index (χ1v) is 6.92. The molecule has 1 aliphatic carbocycles. The molecule has 1 fully saturated rings. The minimum atomic E-state index is 0.337. The van der Waals surface area contributed by atoms with Crippen molar-refractivity contribution >= 4 is 5.78 Å². The third kappa shape index (κ3) is 4.25. The van der Waals surface area contributed by atoms with E-state index in [2.05, 4.69) is 25.7 Å². The molecule has 0 aromatic heterocycles. The largest absolute Gasteiger partial charge is 0.300 e. The van der Waals surface area contributed by atoms with Gasteiger partial charge in [0, 0.05) is 24.9 Å². The second kappa shape index (κ2) is 7.05. The quantitative estimate of drug-likeness (QED) is 0.620. The van der Waals surface area contributed by atoms with Crippen molar-refractivity contribution in [1.29, 1.82) is 0 Å². The first-order valence-electron chi connectivity index (χ1n) is 6.92. The number of unbranched alkanes of at least 4 members (excludes halogenated alkanes) is 2. The molecule has 0 aromatic carbocycles. The van der Waals surface area contributed by atoms with Crippen LogP contribution in [0.1, 0.15) is 59.3 Å². The van der Waals surface area contributed by atoms with Gasteiger partial charge >= 0.3 is 0 Å². The average Bonchev–Trinajstić information content (AvgIpc) is 2.63. The molecule has 0 amide bonds. The van der Waals surface area contributed by atoms with Crippen LogP contribution >= 0.6 is 0 Å². The van der Waals surface area contributed by atoms with Crippen molar-refractivity contribution in [3.8, 4) is 0 Å². The predicted octanol–water partition coefficient (Wildman–Crippen LogP) is 3.26. The fraction of sp³-hybridized carbons (Fsp3) is 0.929. The molecule has 0 saturated heterocycles. The molecule has 94 valence electrons. The number of Topliss-reactive ketones (excluding diaryl/α,β-unsaturated/α-hetero) is 1. The summed E-state index contributed by atoms with van der Waals surface area (Å²) in [7, 11) is 0. The lowest BCUT2D eigenvalue weighted by atomic mass is 10.1. The lowest BCUT2D eigenvalue weighted by molar-refractivity contribution is -0.121. The third-order valence-electron chi connectivity index (χ3n) is 3.67. The van der Waals surface area contributed by atoms with Gasteiger partial charge in [0.2, 0.25) is 0 Å². The number of hydrogen-bond donors (Lipinski definition) is 0. The summed E-state index contributed by atoms with van der Waals surface area (Å²) in [6, 6.07) is 0.574. The van der Waals surface area contributed by atoms with E-state index in [0.717, 1.165) is 32.4 Å². The summed E-state index contributed by atoms with van der Waals surface area (Å²) in [6.07, 6.45) is 6.91. The molecule has 1 saturated carbocycles. The number of carbonyl (C=O) groups is 1. The molecule has 0 aromatic rings. The molecule has 0 spiro atoms. The minimum Gasteiger partial charge on any atom is -0.300 e. The highest BCUT2D eigenvalue weighted by Gasteiger charge is 2.26. The zero-order valence-electron chi connectivity index (χ0n) is 11.2. The Balaban J connectivity index is 2.35. The van der Waals surface area contributed by atoms with Crippen LogP contribution in [0.2, 0.25) is 0 Å². The summed E-state index contributed by atoms with van der Waals surface area (Å²) in [5.74, 6) is 0.838. The Hall–Kier alpha value is -0.370. The van der Waals surface area contributed by atoms with Gasteiger partial charge in [0.25, 0.3) is 0 Å². The van der Waals surface area contributed by atoms with E-state index < -0.39 is 0 Å². The van der Waals surface area contributed by atoms with Crippen LogP contribution in [0, 0.1) is 5.92 Å². The molecule has 1 unspecified atom stereocenters. The highest BCUT2D eigenvalue weighted by Crippen LogP contribution is 2.23. The standard InChI is InChI=1S/C14H27NO/c1-4-5-6-10-15(12(2)3)11-13-8-7-9-14(13)16/h12-13H,4-11H2,1-3H3. The maximum Gasteiger partial charge on any atom is 0.137 e. The van der Waals surface area contributed by atoms with Crippen LogP contribution in [-0.4, -0.2) is 29.8 Å². The van der Waals surface area contributed by atoms with Gasteiger partial charge in [-0.1, -0.05) is 19.8 Å². The summed E-state index contributed by atoms with van der Waals surface area (Å²) < 4.78 is 0. The molecule has 2 heteroatoms. The Morgan fingerprint density at radius 1 is 1.38 bits per heavy atom. The summed E-state index contributed by atoms with van der Waals surface area (Å²) >= 11 is 0. The van der Waals surface area contributed by atoms with Crippen molar-refractivity contribution in [1.82, 2.24) is 4.90 Å². The van der Waals surface area contributed by atoms with Crippen LogP contribution in [0.25, 0.3) is 0 Å². The molecule has 0 N–H and O–H groups in total. The third-order valence-corrected chi connectivity index (χ3v) is 3.67. The number of rotatable bonds is 7. The zero-order chi connectivity index (χ0) is 12.0. The average molecular weight is 225 g/mol. The van der Waals surface area contributed by atoms with E-state index in [0.29, 0.717) is 17.7 Å². The Morgan fingerprint density at radius 2 is 2.12 bits per heavy atom. The molecule has 0 radical (unpaired) electrons. The van der Waals surface area contributed by atoms with E-state index >= 15 is 0 Å². The molecule has 1 aliphatic rings. The lowest BCUT2D eigenvalue weighted by Crippen LogP contribution is -2.37. The molecular formula is C14H27NO. The first kappa shape index (κ1) is 13.7. The van der Waals surface area contributed by atoms with E-state index in [1.807, 2.05) is 0 Å². The van der Waals surface area contributed by atoms with Crippen LogP contribution < -0.4 is 0 Å². The maximum atomic E-state index is 11.6. The SMILES string of the molecule is CCCCCN(CC1CCCC1=O)C(C)C. The summed E-state index contributed by atoms with van der Waals surface area (Å²) in [5, 5.41) is 0. The van der Waals surface area contributed by atoms with E-state index in [9.17, 15) is 4.79 Å². The molecule has 0 aliphatic heterocycles. The topological polar surface area (TPSA) is 20.3 Å². The minimum absolute atomic E-state index is 0.337. The van der Waals surface area contributed by atoms with Gasteiger partial charge in [-0.05, 0) is 39.7 Å². The van der Waals surface area contributed by atoms with Crippen molar-refractivity contribution in [2.24, 2.45) is 5.92 Å². The Morgan fingerprint density at radius 3 is 2.62 bits per heavy atom. The molecular weight excluding hydrogens is 198 g/mol. The van der Waals surface area contributed by atoms with Crippen LogP contribution in [-0.2, 0) is 4.79 Å². The monoisotopic (exact) mass is 225 g/mol. The van der Waals surface area contributed by atoms with Crippen LogP contribution in [0.3, 0.4) is 0 Å². The molecule has 16 heavy (non-hydrogen) atoms.